The second-order valence-electron chi connectivity index (χ2n) is 7.64. The van der Waals surface area contributed by atoms with Gasteiger partial charge in [0.25, 0.3) is 5.91 Å². The number of rotatable bonds is 6. The molecule has 1 amide bonds. The van der Waals surface area contributed by atoms with Crippen LogP contribution in [0.1, 0.15) is 44.5 Å². The summed E-state index contributed by atoms with van der Waals surface area (Å²) in [4.78, 5) is 32.8. The monoisotopic (exact) mass is 475 g/mol. The average Bonchev–Trinajstić information content (AvgIpc) is 3.30. The van der Waals surface area contributed by atoms with Gasteiger partial charge in [0.1, 0.15) is 0 Å². The molecule has 0 fully saturated rings. The van der Waals surface area contributed by atoms with Gasteiger partial charge in [0.15, 0.2) is 17.3 Å². The molecule has 9 heteroatoms. The molecular formula is C25H21N3O5S. The number of Topliss-reactive ketones (excluding diaryl/α,β-unsaturated/α-hetero) is 1. The number of nitrogens with zero attached hydrogens (tertiary/aromatic N) is 3. The molecule has 0 saturated carbocycles. The highest BCUT2D eigenvalue weighted by atomic mass is 32.1. The Balaban J connectivity index is 1.91. The van der Waals surface area contributed by atoms with Crippen LogP contribution in [0.4, 0.5) is 5.69 Å². The lowest BCUT2D eigenvalue weighted by Gasteiger charge is -2.27. The number of ketones is 1. The highest BCUT2D eigenvalue weighted by molar-refractivity contribution is 7.14. The van der Waals surface area contributed by atoms with Crippen molar-refractivity contribution in [3.63, 3.8) is 0 Å². The number of phenolic OH excluding ortho intramolecular Hbond substituents is 1. The molecule has 4 rings (SSSR count). The Labute approximate surface area is 200 Å². The van der Waals surface area contributed by atoms with Crippen LogP contribution in [0.2, 0.25) is 0 Å². The Morgan fingerprint density at radius 2 is 1.91 bits per heavy atom. The number of nitriles is 1. The number of hydrogen-bond donors (Lipinski definition) is 2. The van der Waals surface area contributed by atoms with Gasteiger partial charge in [-0.05, 0) is 62.7 Å². The number of hydrogen-bond acceptors (Lipinski definition) is 8. The minimum absolute atomic E-state index is 0.0881. The molecule has 172 valence electrons. The lowest BCUT2D eigenvalue weighted by Crippen LogP contribution is -2.31. The molecular weight excluding hydrogens is 454 g/mol. The Hall–Kier alpha value is -4.16. The normalized spacial score (nSPS) is 15.5. The van der Waals surface area contributed by atoms with Crippen molar-refractivity contribution in [3.8, 4) is 17.6 Å². The fourth-order valence-electron chi connectivity index (χ4n) is 3.95. The van der Waals surface area contributed by atoms with E-state index in [2.05, 4.69) is 4.98 Å². The fourth-order valence-corrected chi connectivity index (χ4v) is 4.83. The molecule has 0 spiro atoms. The zero-order valence-corrected chi connectivity index (χ0v) is 19.5. The van der Waals surface area contributed by atoms with Crippen LogP contribution in [0.5, 0.6) is 11.5 Å². The third kappa shape index (κ3) is 3.89. The van der Waals surface area contributed by atoms with E-state index in [1.165, 1.54) is 22.3 Å². The lowest BCUT2D eigenvalue weighted by molar-refractivity contribution is -0.117. The van der Waals surface area contributed by atoms with E-state index in [1.807, 2.05) is 6.07 Å². The number of aliphatic hydroxyl groups excluding tert-OH is 1. The van der Waals surface area contributed by atoms with E-state index in [0.29, 0.717) is 39.0 Å². The standard InChI is InChI=1S/C25H21N3O5S/c1-4-33-19-11-16(7-10-18(19)29)21-20(22(30)24-13(2)27-14(3)34-24)23(31)25(32)28(21)17-8-5-15(12-26)6-9-17/h5-11,21,29,31H,4H2,1-3H3. The molecule has 0 bridgehead atoms. The van der Waals surface area contributed by atoms with E-state index in [4.69, 9.17) is 10.00 Å². The Morgan fingerprint density at radius 1 is 1.21 bits per heavy atom. The molecule has 8 nitrogen and oxygen atoms in total. The van der Waals surface area contributed by atoms with Gasteiger partial charge in [0.05, 0.1) is 45.4 Å². The average molecular weight is 476 g/mol. The molecule has 0 aliphatic carbocycles. The summed E-state index contributed by atoms with van der Waals surface area (Å²) >= 11 is 1.19. The Bertz CT molecular complexity index is 1370. The first-order valence-corrected chi connectivity index (χ1v) is 11.3. The highest BCUT2D eigenvalue weighted by Gasteiger charge is 2.45. The maximum atomic E-state index is 13.6. The summed E-state index contributed by atoms with van der Waals surface area (Å²) < 4.78 is 5.50. The molecule has 1 unspecified atom stereocenters. The number of aromatic nitrogens is 1. The summed E-state index contributed by atoms with van der Waals surface area (Å²) in [6.45, 7) is 5.54. The summed E-state index contributed by atoms with van der Waals surface area (Å²) in [5.41, 5.74) is 1.68. The minimum Gasteiger partial charge on any atom is -0.504 e. The third-order valence-electron chi connectivity index (χ3n) is 5.44. The van der Waals surface area contributed by atoms with Gasteiger partial charge in [0, 0.05) is 5.69 Å². The summed E-state index contributed by atoms with van der Waals surface area (Å²) in [5.74, 6) is -1.80. The number of carbonyl (C=O) groups excluding carboxylic acids is 2. The number of benzene rings is 2. The zero-order chi connectivity index (χ0) is 24.6. The number of thiazole rings is 1. The predicted octanol–water partition coefficient (Wildman–Crippen LogP) is 4.52. The molecule has 2 N–H and O–H groups in total. The second kappa shape index (κ2) is 9.00. The molecule has 0 radical (unpaired) electrons. The van der Waals surface area contributed by atoms with E-state index in [9.17, 15) is 19.8 Å². The quantitative estimate of drug-likeness (QED) is 0.502. The summed E-state index contributed by atoms with van der Waals surface area (Å²) in [5, 5.41) is 30.9. The van der Waals surface area contributed by atoms with Crippen LogP contribution in [-0.2, 0) is 4.79 Å². The molecule has 34 heavy (non-hydrogen) atoms. The van der Waals surface area contributed by atoms with Gasteiger partial charge in [0.2, 0.25) is 5.78 Å². The number of aliphatic hydroxyl groups is 1. The van der Waals surface area contributed by atoms with Crippen LogP contribution in [-0.4, -0.2) is 33.5 Å². The number of ether oxygens (including phenoxy) is 1. The molecule has 1 aliphatic rings. The topological polar surface area (TPSA) is 124 Å². The number of anilines is 1. The van der Waals surface area contributed by atoms with Crippen molar-refractivity contribution in [2.24, 2.45) is 0 Å². The second-order valence-corrected chi connectivity index (χ2v) is 8.84. The Morgan fingerprint density at radius 3 is 2.50 bits per heavy atom. The first-order chi connectivity index (χ1) is 16.3. The highest BCUT2D eigenvalue weighted by Crippen LogP contribution is 2.44. The van der Waals surface area contributed by atoms with E-state index in [1.54, 1.807) is 57.2 Å². The van der Waals surface area contributed by atoms with Crippen LogP contribution in [0.25, 0.3) is 0 Å². The van der Waals surface area contributed by atoms with Gasteiger partial charge in [-0.1, -0.05) is 6.07 Å². The molecule has 0 saturated heterocycles. The van der Waals surface area contributed by atoms with Crippen molar-refractivity contribution in [2.45, 2.75) is 26.8 Å². The van der Waals surface area contributed by atoms with Crippen LogP contribution in [0, 0.1) is 25.2 Å². The van der Waals surface area contributed by atoms with E-state index in [-0.39, 0.29) is 17.1 Å². The summed E-state index contributed by atoms with van der Waals surface area (Å²) in [6.07, 6.45) is 0. The van der Waals surface area contributed by atoms with E-state index >= 15 is 0 Å². The maximum absolute atomic E-state index is 13.6. The van der Waals surface area contributed by atoms with Crippen molar-refractivity contribution in [1.29, 1.82) is 5.26 Å². The van der Waals surface area contributed by atoms with Crippen LogP contribution in [0.3, 0.4) is 0 Å². The molecule has 3 aromatic rings. The van der Waals surface area contributed by atoms with E-state index < -0.39 is 23.5 Å². The largest absolute Gasteiger partial charge is 0.504 e. The number of aryl methyl sites for hydroxylation is 2. The van der Waals surface area contributed by atoms with Gasteiger partial charge >= 0.3 is 0 Å². The van der Waals surface area contributed by atoms with Crippen molar-refractivity contribution < 1.29 is 24.5 Å². The molecule has 2 heterocycles. The molecule has 2 aromatic carbocycles. The van der Waals surface area contributed by atoms with Crippen molar-refractivity contribution >= 4 is 28.7 Å². The van der Waals surface area contributed by atoms with Crippen molar-refractivity contribution in [3.05, 3.63) is 80.5 Å². The number of carbonyl (C=O) groups is 2. The zero-order valence-electron chi connectivity index (χ0n) is 18.7. The van der Waals surface area contributed by atoms with Gasteiger partial charge in [-0.25, -0.2) is 4.98 Å². The van der Waals surface area contributed by atoms with E-state index in [0.717, 1.165) is 0 Å². The number of phenols is 1. The van der Waals surface area contributed by atoms with Crippen molar-refractivity contribution in [1.82, 2.24) is 4.98 Å². The van der Waals surface area contributed by atoms with Gasteiger partial charge in [-0.3, -0.25) is 14.5 Å². The molecule has 1 atom stereocenters. The smallest absolute Gasteiger partial charge is 0.294 e. The predicted molar refractivity (Wildman–Crippen MR) is 126 cm³/mol. The van der Waals surface area contributed by atoms with Gasteiger partial charge in [-0.15, -0.1) is 11.3 Å². The molecule has 1 aromatic heterocycles. The van der Waals surface area contributed by atoms with Gasteiger partial charge in [-0.2, -0.15) is 5.26 Å². The summed E-state index contributed by atoms with van der Waals surface area (Å²) in [7, 11) is 0. The van der Waals surface area contributed by atoms with Crippen LogP contribution < -0.4 is 9.64 Å². The van der Waals surface area contributed by atoms with Gasteiger partial charge < -0.3 is 14.9 Å². The lowest BCUT2D eigenvalue weighted by atomic mass is 9.94. The number of aromatic hydroxyl groups is 1. The Kier molecular flexibility index (Phi) is 6.09. The van der Waals surface area contributed by atoms with Crippen molar-refractivity contribution in [2.75, 3.05) is 11.5 Å². The van der Waals surface area contributed by atoms with Crippen LogP contribution >= 0.6 is 11.3 Å². The number of amides is 1. The first-order valence-electron chi connectivity index (χ1n) is 10.5. The summed E-state index contributed by atoms with van der Waals surface area (Å²) in [6, 6.07) is 11.8. The maximum Gasteiger partial charge on any atom is 0.294 e. The third-order valence-corrected chi connectivity index (χ3v) is 6.51. The van der Waals surface area contributed by atoms with Crippen LogP contribution in [0.15, 0.2) is 53.8 Å². The molecule has 1 aliphatic heterocycles. The first kappa shape index (κ1) is 23.0. The SMILES string of the molecule is CCOc1cc(C2C(C(=O)c3sc(C)nc3C)=C(O)C(=O)N2c2ccc(C#N)cc2)ccc1O. The minimum atomic E-state index is -0.991. The fraction of sp³-hybridized carbons (Fsp3) is 0.200.